The Morgan fingerprint density at radius 3 is 2.59 bits per heavy atom. The lowest BCUT2D eigenvalue weighted by atomic mass is 9.80. The van der Waals surface area contributed by atoms with Crippen molar-refractivity contribution in [3.8, 4) is 5.69 Å². The Morgan fingerprint density at radius 2 is 1.93 bits per heavy atom. The molecule has 1 fully saturated rings. The Labute approximate surface area is 170 Å². The molecule has 0 unspecified atom stereocenters. The molecule has 0 spiro atoms. The molecule has 0 radical (unpaired) electrons. The Bertz CT molecular complexity index is 911. The van der Waals surface area contributed by atoms with Gasteiger partial charge in [-0.2, -0.15) is 5.10 Å². The highest BCUT2D eigenvalue weighted by Crippen LogP contribution is 2.31. The summed E-state index contributed by atoms with van der Waals surface area (Å²) in [6.07, 6.45) is 4.49. The molecule has 0 bridgehead atoms. The van der Waals surface area contributed by atoms with Gasteiger partial charge in [0.1, 0.15) is 0 Å². The van der Waals surface area contributed by atoms with E-state index in [0.717, 1.165) is 42.6 Å². The minimum absolute atomic E-state index is 0.0946. The number of hydrogen-bond acceptors (Lipinski definition) is 4. The molecule has 154 valence electrons. The highest BCUT2D eigenvalue weighted by molar-refractivity contribution is 5.94. The number of aryl methyl sites for hydroxylation is 1. The number of fused-ring (bicyclic) bond motifs is 1. The van der Waals surface area contributed by atoms with E-state index in [9.17, 15) is 14.7 Å². The zero-order chi connectivity index (χ0) is 20.4. The fourth-order valence-electron chi connectivity index (χ4n) is 4.27. The fourth-order valence-corrected chi connectivity index (χ4v) is 4.27. The molecule has 1 aromatic carbocycles. The molecule has 7 heteroatoms. The molecule has 1 saturated heterocycles. The Morgan fingerprint density at radius 1 is 1.21 bits per heavy atom. The van der Waals surface area contributed by atoms with Gasteiger partial charge in [-0.05, 0) is 56.2 Å². The van der Waals surface area contributed by atoms with E-state index in [4.69, 9.17) is 4.74 Å². The van der Waals surface area contributed by atoms with Crippen molar-refractivity contribution >= 4 is 11.9 Å². The van der Waals surface area contributed by atoms with Crippen LogP contribution in [0.25, 0.3) is 5.69 Å². The standard InChI is InChI=1S/C22H27N3O4/c1-2-15-6-8-16(9-7-15)25-18-5-3-4-17(18)19(24-25)20(26)23-14-22(21(27)28)10-12-29-13-11-22/h6-9H,2-5,10-14H2,1H3,(H,23,26)(H,27,28). The molecule has 7 nitrogen and oxygen atoms in total. The van der Waals surface area contributed by atoms with Crippen molar-refractivity contribution in [3.63, 3.8) is 0 Å². The minimum Gasteiger partial charge on any atom is -0.481 e. The third kappa shape index (κ3) is 3.67. The number of carbonyl (C=O) groups excluding carboxylic acids is 1. The highest BCUT2D eigenvalue weighted by Gasteiger charge is 2.41. The average Bonchev–Trinajstić information content (AvgIpc) is 3.35. The highest BCUT2D eigenvalue weighted by atomic mass is 16.5. The monoisotopic (exact) mass is 397 g/mol. The van der Waals surface area contributed by atoms with Crippen molar-refractivity contribution in [2.24, 2.45) is 5.41 Å². The zero-order valence-corrected chi connectivity index (χ0v) is 16.7. The first-order valence-electron chi connectivity index (χ1n) is 10.3. The summed E-state index contributed by atoms with van der Waals surface area (Å²) in [5.41, 5.74) is 3.73. The lowest BCUT2D eigenvalue weighted by molar-refractivity contribution is -0.154. The summed E-state index contributed by atoms with van der Waals surface area (Å²) in [6, 6.07) is 8.24. The van der Waals surface area contributed by atoms with E-state index in [2.05, 4.69) is 29.5 Å². The predicted molar refractivity (Wildman–Crippen MR) is 107 cm³/mol. The number of carboxylic acid groups (broad SMARTS) is 1. The topological polar surface area (TPSA) is 93.5 Å². The molecule has 2 N–H and O–H groups in total. The summed E-state index contributed by atoms with van der Waals surface area (Å²) in [5.74, 6) is -1.17. The van der Waals surface area contributed by atoms with E-state index in [0.29, 0.717) is 31.7 Å². The Kier molecular flexibility index (Phi) is 5.41. The van der Waals surface area contributed by atoms with Crippen LogP contribution in [0.1, 0.15) is 53.5 Å². The SMILES string of the molecule is CCc1ccc(-n2nc(C(=O)NCC3(C(=O)O)CCOCC3)c3c2CCC3)cc1. The quantitative estimate of drug-likeness (QED) is 0.781. The molecular weight excluding hydrogens is 370 g/mol. The smallest absolute Gasteiger partial charge is 0.311 e. The van der Waals surface area contributed by atoms with Crippen LogP contribution in [0.2, 0.25) is 0 Å². The van der Waals surface area contributed by atoms with E-state index >= 15 is 0 Å². The van der Waals surface area contributed by atoms with Crippen LogP contribution in [0.5, 0.6) is 0 Å². The molecule has 0 atom stereocenters. The van der Waals surface area contributed by atoms with Gasteiger partial charge < -0.3 is 15.2 Å². The number of amides is 1. The van der Waals surface area contributed by atoms with Crippen molar-refractivity contribution < 1.29 is 19.4 Å². The van der Waals surface area contributed by atoms with E-state index < -0.39 is 11.4 Å². The maximum absolute atomic E-state index is 12.9. The van der Waals surface area contributed by atoms with Crippen LogP contribution in [0.3, 0.4) is 0 Å². The van der Waals surface area contributed by atoms with Crippen molar-refractivity contribution in [1.82, 2.24) is 15.1 Å². The number of aliphatic carboxylic acids is 1. The van der Waals surface area contributed by atoms with Gasteiger partial charge in [-0.3, -0.25) is 9.59 Å². The Hall–Kier alpha value is -2.67. The molecule has 4 rings (SSSR count). The van der Waals surface area contributed by atoms with Crippen LogP contribution < -0.4 is 5.32 Å². The number of hydrogen-bond donors (Lipinski definition) is 2. The first-order chi connectivity index (χ1) is 14.0. The number of carboxylic acids is 1. The van der Waals surface area contributed by atoms with E-state index in [1.165, 1.54) is 5.56 Å². The molecular formula is C22H27N3O4. The van der Waals surface area contributed by atoms with Gasteiger partial charge in [0.2, 0.25) is 0 Å². The Balaban J connectivity index is 1.57. The number of nitrogens with one attached hydrogen (secondary N) is 1. The maximum atomic E-state index is 12.9. The molecule has 2 aliphatic rings. The van der Waals surface area contributed by atoms with E-state index in [-0.39, 0.29) is 12.5 Å². The van der Waals surface area contributed by atoms with Crippen LogP contribution in [0.15, 0.2) is 24.3 Å². The molecule has 1 aliphatic heterocycles. The number of ether oxygens (including phenoxy) is 1. The second-order valence-corrected chi connectivity index (χ2v) is 7.94. The first-order valence-corrected chi connectivity index (χ1v) is 10.3. The number of benzene rings is 1. The fraction of sp³-hybridized carbons (Fsp3) is 0.500. The lowest BCUT2D eigenvalue weighted by Crippen LogP contribution is -2.46. The summed E-state index contributed by atoms with van der Waals surface area (Å²) in [5, 5.41) is 17.2. The van der Waals surface area contributed by atoms with Gasteiger partial charge in [-0.1, -0.05) is 19.1 Å². The molecule has 1 aliphatic carbocycles. The first kappa shape index (κ1) is 19.6. The van der Waals surface area contributed by atoms with Gasteiger partial charge >= 0.3 is 5.97 Å². The van der Waals surface area contributed by atoms with Crippen molar-refractivity contribution in [3.05, 3.63) is 46.8 Å². The minimum atomic E-state index is -0.963. The molecule has 2 heterocycles. The summed E-state index contributed by atoms with van der Waals surface area (Å²) in [4.78, 5) is 24.8. The molecule has 29 heavy (non-hydrogen) atoms. The van der Waals surface area contributed by atoms with Gasteiger partial charge in [0.25, 0.3) is 5.91 Å². The largest absolute Gasteiger partial charge is 0.481 e. The van der Waals surface area contributed by atoms with E-state index in [1.807, 2.05) is 16.8 Å². The molecule has 0 saturated carbocycles. The van der Waals surface area contributed by atoms with Crippen molar-refractivity contribution in [2.75, 3.05) is 19.8 Å². The predicted octanol–water partition coefficient (Wildman–Crippen LogP) is 2.53. The van der Waals surface area contributed by atoms with Gasteiger partial charge in [-0.25, -0.2) is 4.68 Å². The number of aromatic nitrogens is 2. The van der Waals surface area contributed by atoms with Crippen LogP contribution in [-0.4, -0.2) is 46.5 Å². The van der Waals surface area contributed by atoms with Gasteiger partial charge in [0, 0.05) is 31.0 Å². The van der Waals surface area contributed by atoms with Crippen molar-refractivity contribution in [2.45, 2.75) is 45.4 Å². The summed E-state index contributed by atoms with van der Waals surface area (Å²) < 4.78 is 7.18. The number of carbonyl (C=O) groups is 2. The van der Waals surface area contributed by atoms with Crippen LogP contribution in [0, 0.1) is 5.41 Å². The van der Waals surface area contributed by atoms with Crippen LogP contribution in [-0.2, 0) is 28.8 Å². The lowest BCUT2D eigenvalue weighted by Gasteiger charge is -2.33. The van der Waals surface area contributed by atoms with Crippen LogP contribution in [0.4, 0.5) is 0 Å². The van der Waals surface area contributed by atoms with Gasteiger partial charge in [-0.15, -0.1) is 0 Å². The normalized spacial score (nSPS) is 17.7. The summed E-state index contributed by atoms with van der Waals surface area (Å²) in [6.45, 7) is 3.02. The number of rotatable bonds is 6. The second kappa shape index (κ2) is 7.99. The number of nitrogens with zero attached hydrogens (tertiary/aromatic N) is 2. The molecule has 1 amide bonds. The second-order valence-electron chi connectivity index (χ2n) is 7.94. The summed E-state index contributed by atoms with van der Waals surface area (Å²) in [7, 11) is 0. The van der Waals surface area contributed by atoms with Crippen LogP contribution >= 0.6 is 0 Å². The van der Waals surface area contributed by atoms with Gasteiger partial charge in [0.05, 0.1) is 11.1 Å². The third-order valence-corrected chi connectivity index (χ3v) is 6.23. The summed E-state index contributed by atoms with van der Waals surface area (Å²) >= 11 is 0. The third-order valence-electron chi connectivity index (χ3n) is 6.23. The van der Waals surface area contributed by atoms with Gasteiger partial charge in [0.15, 0.2) is 5.69 Å². The van der Waals surface area contributed by atoms with E-state index in [1.54, 1.807) is 0 Å². The zero-order valence-electron chi connectivity index (χ0n) is 16.7. The maximum Gasteiger partial charge on any atom is 0.311 e. The average molecular weight is 397 g/mol. The molecule has 2 aromatic rings. The molecule has 1 aromatic heterocycles. The van der Waals surface area contributed by atoms with Crippen molar-refractivity contribution in [1.29, 1.82) is 0 Å².